The van der Waals surface area contributed by atoms with Gasteiger partial charge in [-0.05, 0) is 30.8 Å². The van der Waals surface area contributed by atoms with Crippen LogP contribution >= 0.6 is 0 Å². The number of nitrogens with two attached hydrogens (primary N) is 1. The predicted octanol–water partition coefficient (Wildman–Crippen LogP) is 2.64. The van der Waals surface area contributed by atoms with Gasteiger partial charge in [-0.2, -0.15) is 13.2 Å². The van der Waals surface area contributed by atoms with Crippen molar-refractivity contribution in [3.63, 3.8) is 0 Å². The molecule has 120 valence electrons. The Morgan fingerprint density at radius 1 is 1.24 bits per heavy atom. The van der Waals surface area contributed by atoms with E-state index in [0.29, 0.717) is 12.1 Å². The molecule has 0 saturated heterocycles. The zero-order valence-electron chi connectivity index (χ0n) is 12.6. The third-order valence-electron chi connectivity index (χ3n) is 3.57. The highest BCUT2D eigenvalue weighted by atomic mass is 19.4. The molecule has 0 aliphatic heterocycles. The minimum atomic E-state index is -4.32. The van der Waals surface area contributed by atoms with Gasteiger partial charge in [-0.1, -0.05) is 26.0 Å². The van der Waals surface area contributed by atoms with E-state index in [2.05, 4.69) is 24.1 Å². The maximum absolute atomic E-state index is 12.7. The summed E-state index contributed by atoms with van der Waals surface area (Å²) in [6, 6.07) is 5.08. The number of likely N-dealkylation sites (N-methyl/N-ethyl adjacent to an activating group) is 1. The first-order valence-corrected chi connectivity index (χ1v) is 7.25. The third-order valence-corrected chi connectivity index (χ3v) is 3.57. The van der Waals surface area contributed by atoms with Gasteiger partial charge in [-0.3, -0.25) is 0 Å². The lowest BCUT2D eigenvalue weighted by atomic mass is 10.0. The third kappa shape index (κ3) is 5.65. The van der Waals surface area contributed by atoms with Gasteiger partial charge in [0.05, 0.1) is 5.56 Å². The van der Waals surface area contributed by atoms with Gasteiger partial charge < -0.3 is 16.0 Å². The van der Waals surface area contributed by atoms with Gasteiger partial charge in [0.15, 0.2) is 0 Å². The van der Waals surface area contributed by atoms with Gasteiger partial charge in [-0.25, -0.2) is 0 Å². The molecule has 0 bridgehead atoms. The lowest BCUT2D eigenvalue weighted by Crippen LogP contribution is -2.36. The van der Waals surface area contributed by atoms with Crippen LogP contribution in [0.3, 0.4) is 0 Å². The first-order chi connectivity index (χ1) is 9.92. The molecule has 0 aliphatic rings. The second kappa shape index (κ2) is 8.36. The van der Waals surface area contributed by atoms with Crippen LogP contribution in [0.1, 0.15) is 31.0 Å². The molecule has 1 rings (SSSR count). The van der Waals surface area contributed by atoms with E-state index in [1.165, 1.54) is 12.1 Å². The molecule has 0 saturated carbocycles. The lowest BCUT2D eigenvalue weighted by molar-refractivity contribution is -0.137. The highest BCUT2D eigenvalue weighted by molar-refractivity contribution is 5.28. The van der Waals surface area contributed by atoms with Crippen molar-refractivity contribution in [1.29, 1.82) is 0 Å². The summed E-state index contributed by atoms with van der Waals surface area (Å²) in [5.41, 5.74) is 5.63. The monoisotopic (exact) mass is 303 g/mol. The van der Waals surface area contributed by atoms with Crippen molar-refractivity contribution in [2.45, 2.75) is 26.1 Å². The number of rotatable bonds is 8. The first kappa shape index (κ1) is 17.9. The van der Waals surface area contributed by atoms with Gasteiger partial charge >= 0.3 is 6.18 Å². The van der Waals surface area contributed by atoms with E-state index in [4.69, 9.17) is 5.73 Å². The van der Waals surface area contributed by atoms with E-state index < -0.39 is 11.7 Å². The summed E-state index contributed by atoms with van der Waals surface area (Å²) in [6.07, 6.45) is -4.32. The van der Waals surface area contributed by atoms with Crippen LogP contribution in [0, 0.1) is 0 Å². The molecule has 3 N–H and O–H groups in total. The van der Waals surface area contributed by atoms with Crippen LogP contribution in [-0.4, -0.2) is 37.6 Å². The number of nitrogens with zero attached hydrogens (tertiary/aromatic N) is 1. The Morgan fingerprint density at radius 3 is 2.43 bits per heavy atom. The molecular formula is C15H24F3N3. The standard InChI is InChI=1S/C15H24F3N3/c1-3-21(4-2)9-8-20-14(11-19)12-6-5-7-13(10-12)15(16,17)18/h5-7,10,14,20H,3-4,8-9,11,19H2,1-2H3. The Balaban J connectivity index is 2.68. The van der Waals surface area contributed by atoms with Crippen LogP contribution in [-0.2, 0) is 6.18 Å². The predicted molar refractivity (Wildman–Crippen MR) is 79.0 cm³/mol. The summed E-state index contributed by atoms with van der Waals surface area (Å²) in [4.78, 5) is 2.24. The topological polar surface area (TPSA) is 41.3 Å². The molecular weight excluding hydrogens is 279 g/mol. The van der Waals surface area contributed by atoms with Crippen LogP contribution in [0.25, 0.3) is 0 Å². The number of alkyl halides is 3. The Labute approximate surface area is 124 Å². The van der Waals surface area contributed by atoms with E-state index in [1.807, 2.05) is 0 Å². The molecule has 21 heavy (non-hydrogen) atoms. The summed E-state index contributed by atoms with van der Waals surface area (Å²) >= 11 is 0. The average Bonchev–Trinajstić information content (AvgIpc) is 2.47. The highest BCUT2D eigenvalue weighted by Crippen LogP contribution is 2.30. The Morgan fingerprint density at radius 2 is 1.90 bits per heavy atom. The van der Waals surface area contributed by atoms with E-state index in [1.54, 1.807) is 6.07 Å². The van der Waals surface area contributed by atoms with Crippen LogP contribution < -0.4 is 11.1 Å². The zero-order chi connectivity index (χ0) is 15.9. The fourth-order valence-electron chi connectivity index (χ4n) is 2.21. The first-order valence-electron chi connectivity index (χ1n) is 7.25. The molecule has 3 nitrogen and oxygen atoms in total. The van der Waals surface area contributed by atoms with E-state index in [9.17, 15) is 13.2 Å². The summed E-state index contributed by atoms with van der Waals surface area (Å²) in [7, 11) is 0. The van der Waals surface area contributed by atoms with Gasteiger partial charge in [0, 0.05) is 25.7 Å². The zero-order valence-corrected chi connectivity index (χ0v) is 12.6. The number of halogens is 3. The van der Waals surface area contributed by atoms with Crippen molar-refractivity contribution in [2.75, 3.05) is 32.7 Å². The number of hydrogen-bond acceptors (Lipinski definition) is 3. The lowest BCUT2D eigenvalue weighted by Gasteiger charge is -2.22. The van der Waals surface area contributed by atoms with Crippen molar-refractivity contribution in [3.8, 4) is 0 Å². The molecule has 0 fully saturated rings. The molecule has 0 heterocycles. The van der Waals surface area contributed by atoms with Crippen molar-refractivity contribution >= 4 is 0 Å². The van der Waals surface area contributed by atoms with E-state index >= 15 is 0 Å². The SMILES string of the molecule is CCN(CC)CCNC(CN)c1cccc(C(F)(F)F)c1. The Hall–Kier alpha value is -1.11. The van der Waals surface area contributed by atoms with Crippen molar-refractivity contribution in [2.24, 2.45) is 5.73 Å². The van der Waals surface area contributed by atoms with Gasteiger partial charge in [0.1, 0.15) is 0 Å². The molecule has 6 heteroatoms. The Bertz CT molecular complexity index is 417. The molecule has 0 radical (unpaired) electrons. The fourth-order valence-corrected chi connectivity index (χ4v) is 2.21. The smallest absolute Gasteiger partial charge is 0.329 e. The summed E-state index contributed by atoms with van der Waals surface area (Å²) in [5, 5.41) is 3.23. The van der Waals surface area contributed by atoms with E-state index in [-0.39, 0.29) is 12.6 Å². The van der Waals surface area contributed by atoms with Gasteiger partial charge in [0.2, 0.25) is 0 Å². The largest absolute Gasteiger partial charge is 0.416 e. The summed E-state index contributed by atoms with van der Waals surface area (Å²) < 4.78 is 38.2. The molecule has 1 aromatic carbocycles. The molecule has 1 unspecified atom stereocenters. The van der Waals surface area contributed by atoms with Crippen LogP contribution in [0.5, 0.6) is 0 Å². The van der Waals surface area contributed by atoms with Crippen LogP contribution in [0.2, 0.25) is 0 Å². The molecule has 0 aromatic heterocycles. The van der Waals surface area contributed by atoms with Gasteiger partial charge in [0.25, 0.3) is 0 Å². The fraction of sp³-hybridized carbons (Fsp3) is 0.600. The second-order valence-corrected chi connectivity index (χ2v) is 4.89. The minimum absolute atomic E-state index is 0.261. The molecule has 1 aromatic rings. The van der Waals surface area contributed by atoms with Crippen LogP contribution in [0.4, 0.5) is 13.2 Å². The Kier molecular flexibility index (Phi) is 7.14. The molecule has 0 spiro atoms. The minimum Gasteiger partial charge on any atom is -0.329 e. The number of nitrogens with one attached hydrogen (secondary N) is 1. The van der Waals surface area contributed by atoms with E-state index in [0.717, 1.165) is 25.7 Å². The average molecular weight is 303 g/mol. The quantitative estimate of drug-likeness (QED) is 0.776. The summed E-state index contributed by atoms with van der Waals surface area (Å²) in [5.74, 6) is 0. The number of benzene rings is 1. The molecule has 0 amide bonds. The number of hydrogen-bond donors (Lipinski definition) is 2. The maximum atomic E-state index is 12.7. The maximum Gasteiger partial charge on any atom is 0.416 e. The normalized spacial score (nSPS) is 13.7. The van der Waals surface area contributed by atoms with Crippen molar-refractivity contribution in [1.82, 2.24) is 10.2 Å². The highest BCUT2D eigenvalue weighted by Gasteiger charge is 2.30. The summed E-state index contributed by atoms with van der Waals surface area (Å²) in [6.45, 7) is 7.87. The molecule has 1 atom stereocenters. The molecule has 0 aliphatic carbocycles. The van der Waals surface area contributed by atoms with Crippen LogP contribution in [0.15, 0.2) is 24.3 Å². The van der Waals surface area contributed by atoms with Gasteiger partial charge in [-0.15, -0.1) is 0 Å². The van der Waals surface area contributed by atoms with Crippen molar-refractivity contribution < 1.29 is 13.2 Å². The second-order valence-electron chi connectivity index (χ2n) is 4.89. The van der Waals surface area contributed by atoms with Crippen molar-refractivity contribution in [3.05, 3.63) is 35.4 Å².